The predicted octanol–water partition coefficient (Wildman–Crippen LogP) is 2.94. The Kier molecular flexibility index (Phi) is 3.87. The lowest BCUT2D eigenvalue weighted by atomic mass is 10.2. The highest BCUT2D eigenvalue weighted by molar-refractivity contribution is 9.11. The number of benzene rings is 1. The van der Waals surface area contributed by atoms with Gasteiger partial charge in [-0.05, 0) is 41.1 Å². The summed E-state index contributed by atoms with van der Waals surface area (Å²) in [5, 5.41) is 0. The van der Waals surface area contributed by atoms with Crippen molar-refractivity contribution < 1.29 is 4.79 Å². The topological polar surface area (TPSA) is 71.8 Å². The van der Waals surface area contributed by atoms with Crippen LogP contribution in [-0.2, 0) is 11.2 Å². The van der Waals surface area contributed by atoms with Crippen molar-refractivity contribution in [1.82, 2.24) is 9.97 Å². The molecule has 6 heteroatoms. The Balaban J connectivity index is 2.42. The van der Waals surface area contributed by atoms with Crippen molar-refractivity contribution in [2.45, 2.75) is 13.3 Å². The number of aromatic nitrogens is 2. The van der Waals surface area contributed by atoms with Crippen LogP contribution >= 0.6 is 31.9 Å². The number of halogens is 2. The number of carbonyl (C=O) groups excluding carboxylic acids is 1. The number of aromatic amines is 1. The first-order valence-electron chi connectivity index (χ1n) is 5.26. The number of nitrogens with two attached hydrogens (primary N) is 1. The van der Waals surface area contributed by atoms with Crippen molar-refractivity contribution in [1.29, 1.82) is 0 Å². The van der Waals surface area contributed by atoms with Gasteiger partial charge >= 0.3 is 0 Å². The van der Waals surface area contributed by atoms with E-state index in [1.807, 2.05) is 25.1 Å². The fourth-order valence-corrected chi connectivity index (χ4v) is 2.88. The Morgan fingerprint density at radius 2 is 2.17 bits per heavy atom. The number of H-pyrrole nitrogens is 1. The highest BCUT2D eigenvalue weighted by Crippen LogP contribution is 2.29. The summed E-state index contributed by atoms with van der Waals surface area (Å²) < 4.78 is 1.91. The van der Waals surface area contributed by atoms with Crippen LogP contribution in [0, 0.1) is 6.92 Å². The first-order valence-corrected chi connectivity index (χ1v) is 6.85. The minimum Gasteiger partial charge on any atom is -0.369 e. The maximum atomic E-state index is 10.9. The Labute approximate surface area is 121 Å². The van der Waals surface area contributed by atoms with Crippen LogP contribution in [0.15, 0.2) is 27.1 Å². The minimum absolute atomic E-state index is 0.149. The lowest BCUT2D eigenvalue weighted by Gasteiger charge is -2.01. The van der Waals surface area contributed by atoms with Crippen molar-refractivity contribution in [3.63, 3.8) is 0 Å². The molecule has 1 aromatic heterocycles. The molecule has 0 aliphatic heterocycles. The van der Waals surface area contributed by atoms with Crippen LogP contribution in [-0.4, -0.2) is 15.9 Å². The molecule has 0 unspecified atom stereocenters. The molecule has 0 aliphatic rings. The van der Waals surface area contributed by atoms with Crippen LogP contribution < -0.4 is 5.73 Å². The molecule has 1 amide bonds. The summed E-state index contributed by atoms with van der Waals surface area (Å²) >= 11 is 6.89. The van der Waals surface area contributed by atoms with E-state index in [0.717, 1.165) is 26.0 Å². The number of primary amides is 1. The van der Waals surface area contributed by atoms with Gasteiger partial charge in [0.05, 0.1) is 12.1 Å². The Morgan fingerprint density at radius 3 is 2.78 bits per heavy atom. The number of rotatable bonds is 3. The second-order valence-corrected chi connectivity index (χ2v) is 5.69. The third-order valence-corrected chi connectivity index (χ3v) is 3.66. The maximum absolute atomic E-state index is 10.9. The van der Waals surface area contributed by atoms with Gasteiger partial charge in [-0.25, -0.2) is 4.98 Å². The van der Waals surface area contributed by atoms with E-state index in [0.29, 0.717) is 5.69 Å². The zero-order valence-electron chi connectivity index (χ0n) is 9.63. The van der Waals surface area contributed by atoms with E-state index in [9.17, 15) is 4.79 Å². The summed E-state index contributed by atoms with van der Waals surface area (Å²) in [6.07, 6.45) is 0.149. The highest BCUT2D eigenvalue weighted by Gasteiger charge is 2.12. The summed E-state index contributed by atoms with van der Waals surface area (Å²) in [7, 11) is 0. The second kappa shape index (κ2) is 5.24. The molecule has 1 heterocycles. The van der Waals surface area contributed by atoms with E-state index in [-0.39, 0.29) is 12.3 Å². The number of nitrogens with one attached hydrogen (secondary N) is 1. The molecule has 1 aromatic carbocycles. The molecule has 0 saturated carbocycles. The molecule has 0 saturated heterocycles. The van der Waals surface area contributed by atoms with Gasteiger partial charge in [-0.3, -0.25) is 4.79 Å². The van der Waals surface area contributed by atoms with Crippen molar-refractivity contribution >= 4 is 37.8 Å². The number of carbonyl (C=O) groups is 1. The summed E-state index contributed by atoms with van der Waals surface area (Å²) in [6.45, 7) is 1.88. The first kappa shape index (κ1) is 13.3. The van der Waals surface area contributed by atoms with Crippen molar-refractivity contribution in [2.75, 3.05) is 0 Å². The van der Waals surface area contributed by atoms with Crippen molar-refractivity contribution in [3.8, 4) is 11.4 Å². The Morgan fingerprint density at radius 1 is 1.44 bits per heavy atom. The van der Waals surface area contributed by atoms with E-state index < -0.39 is 0 Å². The molecular weight excluding hydrogens is 362 g/mol. The third kappa shape index (κ3) is 2.81. The molecular formula is C12H11Br2N3O. The second-order valence-electron chi connectivity index (χ2n) is 3.92. The summed E-state index contributed by atoms with van der Waals surface area (Å²) in [5.41, 5.74) is 7.67. The fourth-order valence-electron chi connectivity index (χ4n) is 1.64. The van der Waals surface area contributed by atoms with Crippen molar-refractivity contribution in [3.05, 3.63) is 38.5 Å². The van der Waals surface area contributed by atoms with Crippen LogP contribution in [0.25, 0.3) is 11.4 Å². The van der Waals surface area contributed by atoms with E-state index in [1.165, 1.54) is 0 Å². The monoisotopic (exact) mass is 371 g/mol. The predicted molar refractivity (Wildman–Crippen MR) is 77.1 cm³/mol. The molecule has 0 spiro atoms. The van der Waals surface area contributed by atoms with Crippen LogP contribution in [0.4, 0.5) is 0 Å². The number of aryl methyl sites for hydroxylation is 1. The van der Waals surface area contributed by atoms with Gasteiger partial charge in [0.2, 0.25) is 5.91 Å². The van der Waals surface area contributed by atoms with Gasteiger partial charge in [-0.2, -0.15) is 0 Å². The molecule has 4 nitrogen and oxygen atoms in total. The van der Waals surface area contributed by atoms with Gasteiger partial charge in [0.25, 0.3) is 0 Å². The molecule has 2 aromatic rings. The van der Waals surface area contributed by atoms with Gasteiger partial charge in [0.1, 0.15) is 5.82 Å². The van der Waals surface area contributed by atoms with Gasteiger partial charge in [0, 0.05) is 20.2 Å². The zero-order chi connectivity index (χ0) is 13.3. The normalized spacial score (nSPS) is 10.6. The quantitative estimate of drug-likeness (QED) is 0.869. The summed E-state index contributed by atoms with van der Waals surface area (Å²) in [5.74, 6) is 0.342. The van der Waals surface area contributed by atoms with Crippen LogP contribution in [0.1, 0.15) is 11.4 Å². The molecule has 0 radical (unpaired) electrons. The van der Waals surface area contributed by atoms with E-state index in [4.69, 9.17) is 5.73 Å². The van der Waals surface area contributed by atoms with Crippen LogP contribution in [0.3, 0.4) is 0 Å². The van der Waals surface area contributed by atoms with Gasteiger partial charge in [-0.15, -0.1) is 0 Å². The number of hydrogen-bond acceptors (Lipinski definition) is 2. The average molecular weight is 373 g/mol. The molecule has 94 valence electrons. The fraction of sp³-hybridized carbons (Fsp3) is 0.167. The Bertz CT molecular complexity index is 607. The van der Waals surface area contributed by atoms with Crippen LogP contribution in [0.5, 0.6) is 0 Å². The number of amides is 1. The Hall–Kier alpha value is -1.14. The lowest BCUT2D eigenvalue weighted by Crippen LogP contribution is -2.14. The molecule has 3 N–H and O–H groups in total. The molecule has 2 rings (SSSR count). The average Bonchev–Trinajstić information content (AvgIpc) is 2.59. The number of imidazole rings is 1. The van der Waals surface area contributed by atoms with E-state index >= 15 is 0 Å². The van der Waals surface area contributed by atoms with Gasteiger partial charge < -0.3 is 10.7 Å². The smallest absolute Gasteiger partial charge is 0.223 e. The van der Waals surface area contributed by atoms with E-state index in [1.54, 1.807) is 0 Å². The molecule has 0 fully saturated rings. The number of nitrogens with zero attached hydrogens (tertiary/aromatic N) is 1. The zero-order valence-corrected chi connectivity index (χ0v) is 12.8. The van der Waals surface area contributed by atoms with Crippen molar-refractivity contribution in [2.24, 2.45) is 5.73 Å². The SMILES string of the molecule is Cc1[nH]c(-c2ccc(Br)cc2Br)nc1CC(N)=O. The van der Waals surface area contributed by atoms with Crippen LogP contribution in [0.2, 0.25) is 0 Å². The summed E-state index contributed by atoms with van der Waals surface area (Å²) in [6, 6.07) is 5.83. The largest absolute Gasteiger partial charge is 0.369 e. The summed E-state index contributed by atoms with van der Waals surface area (Å²) in [4.78, 5) is 18.5. The van der Waals surface area contributed by atoms with Gasteiger partial charge in [0.15, 0.2) is 0 Å². The first-order chi connectivity index (χ1) is 8.47. The molecule has 0 bridgehead atoms. The highest BCUT2D eigenvalue weighted by atomic mass is 79.9. The molecule has 0 atom stereocenters. The molecule has 18 heavy (non-hydrogen) atoms. The molecule has 0 aliphatic carbocycles. The van der Waals surface area contributed by atoms with Gasteiger partial charge in [-0.1, -0.05) is 15.9 Å². The number of hydrogen-bond donors (Lipinski definition) is 2. The lowest BCUT2D eigenvalue weighted by molar-refractivity contribution is -0.117. The van der Waals surface area contributed by atoms with E-state index in [2.05, 4.69) is 41.8 Å². The third-order valence-electron chi connectivity index (χ3n) is 2.51. The standard InChI is InChI=1S/C12H11Br2N3O/c1-6-10(5-11(15)18)17-12(16-6)8-3-2-7(13)4-9(8)14/h2-4H,5H2,1H3,(H2,15,18)(H,16,17). The minimum atomic E-state index is -0.383. The maximum Gasteiger partial charge on any atom is 0.223 e.